The zero-order valence-corrected chi connectivity index (χ0v) is 16.9. The highest BCUT2D eigenvalue weighted by Crippen LogP contribution is 2.12. The van der Waals surface area contributed by atoms with E-state index < -0.39 is 5.97 Å². The van der Waals surface area contributed by atoms with Crippen molar-refractivity contribution in [2.75, 3.05) is 0 Å². The lowest BCUT2D eigenvalue weighted by molar-refractivity contribution is -0.122. The molecule has 8 heteroatoms. The molecule has 2 amide bonds. The van der Waals surface area contributed by atoms with Gasteiger partial charge in [0.15, 0.2) is 0 Å². The van der Waals surface area contributed by atoms with Crippen LogP contribution >= 0.6 is 0 Å². The molecule has 2 rings (SSSR count). The van der Waals surface area contributed by atoms with Crippen LogP contribution in [-0.4, -0.2) is 33.5 Å². The fourth-order valence-electron chi connectivity index (χ4n) is 3.01. The summed E-state index contributed by atoms with van der Waals surface area (Å²) < 4.78 is 1.28. The van der Waals surface area contributed by atoms with Crippen molar-refractivity contribution in [3.63, 3.8) is 0 Å². The van der Waals surface area contributed by atoms with Crippen molar-refractivity contribution in [3.05, 3.63) is 68.6 Å². The fourth-order valence-corrected chi connectivity index (χ4v) is 3.01. The second kappa shape index (κ2) is 9.18. The molecule has 1 heterocycles. The highest BCUT2D eigenvalue weighted by atomic mass is 16.4. The zero-order chi connectivity index (χ0) is 21.7. The smallest absolute Gasteiger partial charge is 0.335 e. The number of carboxylic acid groups (broad SMARTS) is 1. The minimum atomic E-state index is -1.02. The summed E-state index contributed by atoms with van der Waals surface area (Å²) in [4.78, 5) is 48.0. The van der Waals surface area contributed by atoms with E-state index in [9.17, 15) is 19.2 Å². The van der Waals surface area contributed by atoms with Crippen LogP contribution in [0.25, 0.3) is 0 Å². The van der Waals surface area contributed by atoms with Crippen LogP contribution in [-0.2, 0) is 17.9 Å². The summed E-state index contributed by atoms with van der Waals surface area (Å²) in [5, 5.41) is 14.4. The van der Waals surface area contributed by atoms with Gasteiger partial charge in [-0.15, -0.1) is 0 Å². The summed E-state index contributed by atoms with van der Waals surface area (Å²) in [7, 11) is 0. The molecule has 0 fully saturated rings. The van der Waals surface area contributed by atoms with Crippen LogP contribution < -0.4 is 16.2 Å². The number of hydrogen-bond donors (Lipinski definition) is 3. The molecule has 3 N–H and O–H groups in total. The van der Waals surface area contributed by atoms with Gasteiger partial charge in [-0.3, -0.25) is 14.4 Å². The number of nitrogens with one attached hydrogen (secondary N) is 2. The molecule has 8 nitrogen and oxygen atoms in total. The molecule has 0 spiro atoms. The van der Waals surface area contributed by atoms with E-state index in [1.807, 2.05) is 13.8 Å². The maximum absolute atomic E-state index is 12.7. The Labute approximate surface area is 168 Å². The molecule has 1 aromatic carbocycles. The normalized spacial score (nSPS) is 10.7. The molecule has 0 aliphatic carbocycles. The van der Waals surface area contributed by atoms with Crippen molar-refractivity contribution in [1.29, 1.82) is 0 Å². The van der Waals surface area contributed by atoms with E-state index in [1.54, 1.807) is 26.0 Å². The quantitative estimate of drug-likeness (QED) is 0.654. The van der Waals surface area contributed by atoms with Gasteiger partial charge < -0.3 is 20.3 Å². The first kappa shape index (κ1) is 21.9. The summed E-state index contributed by atoms with van der Waals surface area (Å²) in [5.74, 6) is -1.70. The maximum Gasteiger partial charge on any atom is 0.335 e. The largest absolute Gasteiger partial charge is 0.478 e. The van der Waals surface area contributed by atoms with E-state index in [2.05, 4.69) is 10.6 Å². The van der Waals surface area contributed by atoms with E-state index in [0.717, 1.165) is 5.56 Å². The molecule has 0 saturated heterocycles. The maximum atomic E-state index is 12.7. The number of carbonyl (C=O) groups excluding carboxylic acids is 2. The minimum Gasteiger partial charge on any atom is -0.478 e. The number of nitrogens with zero attached hydrogens (tertiary/aromatic N) is 1. The molecular weight excluding hydrogens is 374 g/mol. The third-order valence-corrected chi connectivity index (χ3v) is 4.40. The molecule has 0 aliphatic heterocycles. The molecule has 2 aromatic rings. The van der Waals surface area contributed by atoms with Crippen LogP contribution in [0.4, 0.5) is 0 Å². The van der Waals surface area contributed by atoms with Gasteiger partial charge in [0.2, 0.25) is 5.91 Å². The number of hydrogen-bond acceptors (Lipinski definition) is 4. The highest BCUT2D eigenvalue weighted by molar-refractivity contribution is 5.96. The third-order valence-electron chi connectivity index (χ3n) is 4.40. The monoisotopic (exact) mass is 399 g/mol. The summed E-state index contributed by atoms with van der Waals surface area (Å²) >= 11 is 0. The lowest BCUT2D eigenvalue weighted by Gasteiger charge is -2.17. The Hall–Kier alpha value is -3.42. The summed E-state index contributed by atoms with van der Waals surface area (Å²) in [5.41, 5.74) is 1.82. The van der Waals surface area contributed by atoms with Gasteiger partial charge in [-0.1, -0.05) is 12.1 Å². The fraction of sp³-hybridized carbons (Fsp3) is 0.333. The van der Waals surface area contributed by atoms with Gasteiger partial charge in [0.1, 0.15) is 6.54 Å². The number of aromatic carboxylic acids is 1. The standard InChI is InChI=1S/C21H25N3O5/c1-12(2)23-17(25)11-24-14(4)19(13(3)9-18(24)26)20(27)22-10-15-5-7-16(8-6-15)21(28)29/h5-9,12H,10-11H2,1-4H3,(H,22,27)(H,23,25)(H,28,29). The molecule has 1 aromatic heterocycles. The Morgan fingerprint density at radius 1 is 1.10 bits per heavy atom. The van der Waals surface area contributed by atoms with Gasteiger partial charge in [-0.2, -0.15) is 0 Å². The SMILES string of the molecule is Cc1cc(=O)n(CC(=O)NC(C)C)c(C)c1C(=O)NCc1ccc(C(=O)O)cc1. The van der Waals surface area contributed by atoms with Crippen molar-refractivity contribution >= 4 is 17.8 Å². The second-order valence-electron chi connectivity index (χ2n) is 7.12. The summed E-state index contributed by atoms with van der Waals surface area (Å²) in [6, 6.07) is 7.47. The average molecular weight is 399 g/mol. The Balaban J connectivity index is 2.20. The first-order valence-electron chi connectivity index (χ1n) is 9.21. The van der Waals surface area contributed by atoms with E-state index >= 15 is 0 Å². The molecule has 0 unspecified atom stereocenters. The van der Waals surface area contributed by atoms with Crippen LogP contribution in [0, 0.1) is 13.8 Å². The Bertz CT molecular complexity index is 991. The number of pyridine rings is 1. The van der Waals surface area contributed by atoms with Gasteiger partial charge in [-0.05, 0) is 51.0 Å². The number of carboxylic acids is 1. The van der Waals surface area contributed by atoms with Crippen molar-refractivity contribution in [2.24, 2.45) is 0 Å². The summed E-state index contributed by atoms with van der Waals surface area (Å²) in [6.45, 7) is 6.98. The third kappa shape index (κ3) is 5.54. The predicted octanol–water partition coefficient (Wildman–Crippen LogP) is 1.62. The summed E-state index contributed by atoms with van der Waals surface area (Å²) in [6.07, 6.45) is 0. The van der Waals surface area contributed by atoms with Crippen molar-refractivity contribution in [2.45, 2.75) is 46.8 Å². The topological polar surface area (TPSA) is 118 Å². The van der Waals surface area contributed by atoms with Gasteiger partial charge in [0.25, 0.3) is 11.5 Å². The predicted molar refractivity (Wildman–Crippen MR) is 108 cm³/mol. The first-order chi connectivity index (χ1) is 13.6. The molecule has 29 heavy (non-hydrogen) atoms. The van der Waals surface area contributed by atoms with Crippen molar-refractivity contribution in [3.8, 4) is 0 Å². The molecule has 154 valence electrons. The molecule has 0 aliphatic rings. The van der Waals surface area contributed by atoms with Crippen molar-refractivity contribution < 1.29 is 19.5 Å². The molecule has 0 radical (unpaired) electrons. The lowest BCUT2D eigenvalue weighted by Crippen LogP contribution is -2.38. The number of amides is 2. The van der Waals surface area contributed by atoms with E-state index in [1.165, 1.54) is 22.8 Å². The minimum absolute atomic E-state index is 0.0563. The highest BCUT2D eigenvalue weighted by Gasteiger charge is 2.18. The molecule has 0 atom stereocenters. The number of aryl methyl sites for hydroxylation is 1. The molecular formula is C21H25N3O5. The van der Waals surface area contributed by atoms with Gasteiger partial charge in [0, 0.05) is 24.3 Å². The van der Waals surface area contributed by atoms with Gasteiger partial charge in [0.05, 0.1) is 11.1 Å². The second-order valence-corrected chi connectivity index (χ2v) is 7.12. The van der Waals surface area contributed by atoms with Crippen LogP contribution in [0.3, 0.4) is 0 Å². The van der Waals surface area contributed by atoms with Gasteiger partial charge >= 0.3 is 5.97 Å². The Morgan fingerprint density at radius 3 is 2.28 bits per heavy atom. The van der Waals surface area contributed by atoms with Crippen molar-refractivity contribution in [1.82, 2.24) is 15.2 Å². The number of carbonyl (C=O) groups is 3. The van der Waals surface area contributed by atoms with E-state index in [4.69, 9.17) is 5.11 Å². The Kier molecular flexibility index (Phi) is 6.93. The first-order valence-corrected chi connectivity index (χ1v) is 9.21. The molecule has 0 saturated carbocycles. The number of rotatable bonds is 7. The van der Waals surface area contributed by atoms with Crippen LogP contribution in [0.1, 0.15) is 51.4 Å². The average Bonchev–Trinajstić information content (AvgIpc) is 2.63. The number of benzene rings is 1. The van der Waals surface area contributed by atoms with Gasteiger partial charge in [-0.25, -0.2) is 4.79 Å². The molecule has 0 bridgehead atoms. The van der Waals surface area contributed by atoms with E-state index in [-0.39, 0.29) is 42.1 Å². The van der Waals surface area contributed by atoms with Crippen LogP contribution in [0.5, 0.6) is 0 Å². The van der Waals surface area contributed by atoms with Crippen LogP contribution in [0.15, 0.2) is 35.1 Å². The van der Waals surface area contributed by atoms with E-state index in [0.29, 0.717) is 16.8 Å². The Morgan fingerprint density at radius 2 is 1.72 bits per heavy atom. The number of aromatic nitrogens is 1. The van der Waals surface area contributed by atoms with Crippen LogP contribution in [0.2, 0.25) is 0 Å². The lowest BCUT2D eigenvalue weighted by atomic mass is 10.1. The zero-order valence-electron chi connectivity index (χ0n) is 16.9.